The molecule has 0 saturated heterocycles. The zero-order valence-corrected chi connectivity index (χ0v) is 10.9. The van der Waals surface area contributed by atoms with Crippen LogP contribution in [-0.2, 0) is 4.79 Å². The number of anilines is 1. The number of para-hydroxylation sites is 1. The van der Waals surface area contributed by atoms with Gasteiger partial charge >= 0.3 is 5.97 Å². The van der Waals surface area contributed by atoms with E-state index >= 15 is 0 Å². The molecule has 1 atom stereocenters. The number of nitrogens with one attached hydrogen (secondary N) is 1. The Morgan fingerprint density at radius 2 is 2.06 bits per heavy atom. The van der Waals surface area contributed by atoms with E-state index < -0.39 is 17.3 Å². The molecule has 1 aromatic rings. The van der Waals surface area contributed by atoms with E-state index in [9.17, 15) is 14.3 Å². The number of carbonyl (C=O) groups is 1. The lowest BCUT2D eigenvalue weighted by atomic mass is 9.94. The highest BCUT2D eigenvalue weighted by atomic mass is 19.1. The normalized spacial score (nSPS) is 13.9. The van der Waals surface area contributed by atoms with Crippen LogP contribution in [0.15, 0.2) is 24.3 Å². The van der Waals surface area contributed by atoms with Gasteiger partial charge in [0.15, 0.2) is 0 Å². The number of hydrogen-bond donors (Lipinski definition) is 2. The van der Waals surface area contributed by atoms with E-state index in [1.807, 2.05) is 0 Å². The quantitative estimate of drug-likeness (QED) is 0.729. The van der Waals surface area contributed by atoms with Gasteiger partial charge in [0.1, 0.15) is 11.4 Å². The van der Waals surface area contributed by atoms with Crippen molar-refractivity contribution in [1.82, 2.24) is 0 Å². The molecule has 0 spiro atoms. The average Bonchev–Trinajstić information content (AvgIpc) is 2.32. The van der Waals surface area contributed by atoms with Gasteiger partial charge in [-0.2, -0.15) is 0 Å². The summed E-state index contributed by atoms with van der Waals surface area (Å²) in [5, 5.41) is 12.1. The molecular weight excluding hydrogens is 233 g/mol. The molecule has 0 fully saturated rings. The van der Waals surface area contributed by atoms with Gasteiger partial charge in [-0.25, -0.2) is 9.18 Å². The van der Waals surface area contributed by atoms with Crippen molar-refractivity contribution in [3.8, 4) is 0 Å². The van der Waals surface area contributed by atoms with Crippen LogP contribution in [0.1, 0.15) is 39.5 Å². The van der Waals surface area contributed by atoms with Gasteiger partial charge in [0.2, 0.25) is 0 Å². The second kappa shape index (κ2) is 6.38. The summed E-state index contributed by atoms with van der Waals surface area (Å²) in [6.07, 6.45) is 3.28. The van der Waals surface area contributed by atoms with Gasteiger partial charge in [-0.05, 0) is 25.5 Å². The zero-order chi connectivity index (χ0) is 13.6. The molecule has 0 aliphatic heterocycles. The van der Waals surface area contributed by atoms with Crippen LogP contribution in [0.4, 0.5) is 10.1 Å². The Morgan fingerprint density at radius 1 is 1.39 bits per heavy atom. The van der Waals surface area contributed by atoms with Crippen LogP contribution in [0, 0.1) is 5.82 Å². The Labute approximate surface area is 107 Å². The highest BCUT2D eigenvalue weighted by Gasteiger charge is 2.32. The first kappa shape index (κ1) is 14.5. The van der Waals surface area contributed by atoms with Crippen molar-refractivity contribution in [2.75, 3.05) is 5.32 Å². The van der Waals surface area contributed by atoms with Gasteiger partial charge in [0.25, 0.3) is 0 Å². The van der Waals surface area contributed by atoms with Crippen LogP contribution in [0.25, 0.3) is 0 Å². The summed E-state index contributed by atoms with van der Waals surface area (Å²) in [4.78, 5) is 11.3. The van der Waals surface area contributed by atoms with E-state index in [4.69, 9.17) is 0 Å². The molecule has 0 aliphatic carbocycles. The maximum absolute atomic E-state index is 13.5. The van der Waals surface area contributed by atoms with Crippen LogP contribution in [-0.4, -0.2) is 16.6 Å². The van der Waals surface area contributed by atoms with E-state index in [0.717, 1.165) is 19.3 Å². The molecule has 100 valence electrons. The minimum absolute atomic E-state index is 0.235. The number of rotatable bonds is 7. The predicted molar refractivity (Wildman–Crippen MR) is 70.2 cm³/mol. The van der Waals surface area contributed by atoms with Crippen LogP contribution >= 0.6 is 0 Å². The van der Waals surface area contributed by atoms with Gasteiger partial charge in [-0.15, -0.1) is 0 Å². The standard InChI is InChI=1S/C14H20FNO2/c1-3-4-7-10-14(2,13(17)18)16-12-9-6-5-8-11(12)15/h5-6,8-9,16H,3-4,7,10H2,1-2H3,(H,17,18). The van der Waals surface area contributed by atoms with Crippen LogP contribution in [0.5, 0.6) is 0 Å². The van der Waals surface area contributed by atoms with E-state index in [2.05, 4.69) is 12.2 Å². The Hall–Kier alpha value is -1.58. The summed E-state index contributed by atoms with van der Waals surface area (Å²) < 4.78 is 13.5. The number of aliphatic carboxylic acids is 1. The molecule has 1 unspecified atom stereocenters. The third-order valence-corrected chi connectivity index (χ3v) is 3.04. The third kappa shape index (κ3) is 3.72. The second-order valence-electron chi connectivity index (χ2n) is 4.70. The molecule has 0 aromatic heterocycles. The topological polar surface area (TPSA) is 49.3 Å². The second-order valence-corrected chi connectivity index (χ2v) is 4.70. The summed E-state index contributed by atoms with van der Waals surface area (Å²) in [5.41, 5.74) is -0.893. The molecule has 0 heterocycles. The summed E-state index contributed by atoms with van der Waals surface area (Å²) in [7, 11) is 0. The van der Waals surface area contributed by atoms with Crippen molar-refractivity contribution in [2.24, 2.45) is 0 Å². The van der Waals surface area contributed by atoms with Gasteiger partial charge in [0.05, 0.1) is 5.69 Å². The fourth-order valence-corrected chi connectivity index (χ4v) is 1.81. The van der Waals surface area contributed by atoms with E-state index in [-0.39, 0.29) is 5.69 Å². The molecule has 0 saturated carbocycles. The van der Waals surface area contributed by atoms with Crippen LogP contribution in [0.2, 0.25) is 0 Å². The fourth-order valence-electron chi connectivity index (χ4n) is 1.81. The maximum Gasteiger partial charge on any atom is 0.329 e. The molecule has 0 aliphatic rings. The van der Waals surface area contributed by atoms with Gasteiger partial charge < -0.3 is 10.4 Å². The van der Waals surface area contributed by atoms with Crippen LogP contribution < -0.4 is 5.32 Å². The SMILES string of the molecule is CCCCCC(C)(Nc1ccccc1F)C(=O)O. The number of unbranched alkanes of at least 4 members (excludes halogenated alkanes) is 2. The van der Waals surface area contributed by atoms with Crippen LogP contribution in [0.3, 0.4) is 0 Å². The maximum atomic E-state index is 13.5. The molecule has 1 aromatic carbocycles. The predicted octanol–water partition coefficient (Wildman–Crippen LogP) is 3.66. The molecular formula is C14H20FNO2. The number of benzene rings is 1. The Morgan fingerprint density at radius 3 is 2.61 bits per heavy atom. The summed E-state index contributed by atoms with van der Waals surface area (Å²) in [5.74, 6) is -1.39. The monoisotopic (exact) mass is 253 g/mol. The summed E-state index contributed by atoms with van der Waals surface area (Å²) in [6, 6.07) is 6.13. The first-order chi connectivity index (χ1) is 8.49. The fraction of sp³-hybridized carbons (Fsp3) is 0.500. The van der Waals surface area contributed by atoms with Crippen molar-refractivity contribution in [2.45, 2.75) is 45.1 Å². The molecule has 0 bridgehead atoms. The lowest BCUT2D eigenvalue weighted by molar-refractivity contribution is -0.142. The van der Waals surface area contributed by atoms with E-state index in [0.29, 0.717) is 6.42 Å². The van der Waals surface area contributed by atoms with Gasteiger partial charge in [-0.1, -0.05) is 38.3 Å². The smallest absolute Gasteiger partial charge is 0.329 e. The average molecular weight is 253 g/mol. The molecule has 0 radical (unpaired) electrons. The zero-order valence-electron chi connectivity index (χ0n) is 10.9. The summed E-state index contributed by atoms with van der Waals surface area (Å²) >= 11 is 0. The highest BCUT2D eigenvalue weighted by Crippen LogP contribution is 2.23. The highest BCUT2D eigenvalue weighted by molar-refractivity contribution is 5.82. The lowest BCUT2D eigenvalue weighted by Crippen LogP contribution is -2.43. The number of carboxylic acids is 1. The third-order valence-electron chi connectivity index (χ3n) is 3.04. The number of halogens is 1. The minimum atomic E-state index is -1.13. The Kier molecular flexibility index (Phi) is 5.13. The minimum Gasteiger partial charge on any atom is -0.480 e. The van der Waals surface area contributed by atoms with Crippen molar-refractivity contribution >= 4 is 11.7 Å². The van der Waals surface area contributed by atoms with Crippen molar-refractivity contribution in [3.05, 3.63) is 30.1 Å². The van der Waals surface area contributed by atoms with Crippen molar-refractivity contribution in [3.63, 3.8) is 0 Å². The Bertz CT molecular complexity index is 409. The van der Waals surface area contributed by atoms with E-state index in [1.54, 1.807) is 25.1 Å². The molecule has 2 N–H and O–H groups in total. The summed E-state index contributed by atoms with van der Waals surface area (Å²) in [6.45, 7) is 3.65. The molecule has 0 amide bonds. The first-order valence-electron chi connectivity index (χ1n) is 6.25. The van der Waals surface area contributed by atoms with Crippen molar-refractivity contribution in [1.29, 1.82) is 0 Å². The number of carboxylic acid groups (broad SMARTS) is 1. The molecule has 3 nitrogen and oxygen atoms in total. The lowest BCUT2D eigenvalue weighted by Gasteiger charge is -2.27. The van der Waals surface area contributed by atoms with Crippen molar-refractivity contribution < 1.29 is 14.3 Å². The Balaban J connectivity index is 2.79. The number of hydrogen-bond acceptors (Lipinski definition) is 2. The molecule has 18 heavy (non-hydrogen) atoms. The van der Waals surface area contributed by atoms with Gasteiger partial charge in [0, 0.05) is 0 Å². The molecule has 1 rings (SSSR count). The largest absolute Gasteiger partial charge is 0.480 e. The molecule has 4 heteroatoms. The first-order valence-corrected chi connectivity index (χ1v) is 6.25. The van der Waals surface area contributed by atoms with Gasteiger partial charge in [-0.3, -0.25) is 0 Å². The van der Waals surface area contributed by atoms with E-state index in [1.165, 1.54) is 6.07 Å².